The maximum absolute atomic E-state index is 11.7. The summed E-state index contributed by atoms with van der Waals surface area (Å²) in [5.74, 6) is -0.783. The Morgan fingerprint density at radius 3 is 2.45 bits per heavy atom. The van der Waals surface area contributed by atoms with Crippen molar-refractivity contribution in [1.29, 1.82) is 0 Å². The van der Waals surface area contributed by atoms with Gasteiger partial charge in [-0.15, -0.1) is 0 Å². The van der Waals surface area contributed by atoms with E-state index in [1.54, 1.807) is 0 Å². The fraction of sp³-hybridized carbons (Fsp3) is 0.429. The molecule has 0 aliphatic heterocycles. The van der Waals surface area contributed by atoms with Gasteiger partial charge in [0.2, 0.25) is 0 Å². The zero-order valence-electron chi connectivity index (χ0n) is 11.8. The summed E-state index contributed by atoms with van der Waals surface area (Å²) in [5.41, 5.74) is 0.0632. The summed E-state index contributed by atoms with van der Waals surface area (Å²) in [4.78, 5) is 22.5. The maximum Gasteiger partial charge on any atom is 0.339 e. The van der Waals surface area contributed by atoms with Crippen LogP contribution in [0.5, 0.6) is 5.75 Å². The Hall–Kier alpha value is -2.24. The smallest absolute Gasteiger partial charge is 0.339 e. The largest absolute Gasteiger partial charge is 0.507 e. The van der Waals surface area contributed by atoms with Crippen LogP contribution in [0.4, 0.5) is 10.5 Å². The Bertz CT molecular complexity index is 500. The summed E-state index contributed by atoms with van der Waals surface area (Å²) in [6, 6.07) is 3.48. The molecule has 0 saturated carbocycles. The fourth-order valence-electron chi connectivity index (χ4n) is 1.45. The fourth-order valence-corrected chi connectivity index (χ4v) is 1.45. The second-order valence-corrected chi connectivity index (χ2v) is 5.09. The van der Waals surface area contributed by atoms with Crippen LogP contribution in [0.15, 0.2) is 18.2 Å². The summed E-state index contributed by atoms with van der Waals surface area (Å²) in [6.45, 7) is 6.72. The van der Waals surface area contributed by atoms with Crippen LogP contribution in [0.3, 0.4) is 0 Å². The van der Waals surface area contributed by atoms with Crippen molar-refractivity contribution in [3.05, 3.63) is 23.8 Å². The van der Waals surface area contributed by atoms with E-state index < -0.39 is 12.0 Å². The number of aromatic hydroxyl groups is 1. The van der Waals surface area contributed by atoms with E-state index in [4.69, 9.17) is 5.11 Å². The van der Waals surface area contributed by atoms with Crippen LogP contribution in [-0.4, -0.2) is 28.8 Å². The van der Waals surface area contributed by atoms with E-state index >= 15 is 0 Å². The van der Waals surface area contributed by atoms with Crippen LogP contribution >= 0.6 is 0 Å². The third kappa shape index (κ3) is 4.46. The van der Waals surface area contributed by atoms with E-state index in [2.05, 4.69) is 24.5 Å². The number of nitrogens with one attached hydrogen (secondary N) is 2. The first-order valence-electron chi connectivity index (χ1n) is 6.42. The molecule has 6 nitrogen and oxygen atoms in total. The third-order valence-corrected chi connectivity index (χ3v) is 3.21. The topological polar surface area (TPSA) is 98.7 Å². The molecule has 1 rings (SSSR count). The van der Waals surface area contributed by atoms with Crippen LogP contribution < -0.4 is 10.6 Å². The molecule has 110 valence electrons. The Labute approximate surface area is 117 Å². The first-order chi connectivity index (χ1) is 9.31. The van der Waals surface area contributed by atoms with Crippen molar-refractivity contribution in [3.8, 4) is 5.75 Å². The second kappa shape index (κ2) is 6.79. The highest BCUT2D eigenvalue weighted by Gasteiger charge is 2.12. The van der Waals surface area contributed by atoms with Gasteiger partial charge in [0.15, 0.2) is 0 Å². The number of carboxylic acids is 1. The van der Waals surface area contributed by atoms with Gasteiger partial charge < -0.3 is 20.8 Å². The number of benzene rings is 1. The summed E-state index contributed by atoms with van der Waals surface area (Å²) in [7, 11) is 0. The van der Waals surface area contributed by atoms with E-state index in [0.717, 1.165) is 0 Å². The SMILES string of the molecule is CC(C)C(C)CNC(=O)Nc1ccc(O)c(C(=O)O)c1. The molecular weight excluding hydrogens is 260 g/mol. The average Bonchev–Trinajstić information content (AvgIpc) is 2.37. The molecule has 0 aromatic heterocycles. The molecule has 4 N–H and O–H groups in total. The molecule has 0 bridgehead atoms. The molecule has 0 aliphatic carbocycles. The lowest BCUT2D eigenvalue weighted by molar-refractivity contribution is 0.0693. The van der Waals surface area contributed by atoms with Crippen molar-refractivity contribution < 1.29 is 19.8 Å². The van der Waals surface area contributed by atoms with Gasteiger partial charge in [0.25, 0.3) is 0 Å². The number of phenols is 1. The number of anilines is 1. The van der Waals surface area contributed by atoms with Gasteiger partial charge in [0.1, 0.15) is 11.3 Å². The third-order valence-electron chi connectivity index (χ3n) is 3.21. The zero-order valence-corrected chi connectivity index (χ0v) is 11.8. The van der Waals surface area contributed by atoms with Crippen molar-refractivity contribution in [1.82, 2.24) is 5.32 Å². The molecule has 0 aliphatic rings. The first kappa shape index (κ1) is 15.8. The van der Waals surface area contributed by atoms with Gasteiger partial charge in [0, 0.05) is 12.2 Å². The minimum atomic E-state index is -1.25. The average molecular weight is 280 g/mol. The molecule has 1 unspecified atom stereocenters. The monoisotopic (exact) mass is 280 g/mol. The highest BCUT2D eigenvalue weighted by molar-refractivity contribution is 5.95. The van der Waals surface area contributed by atoms with E-state index in [1.165, 1.54) is 18.2 Å². The molecule has 6 heteroatoms. The predicted molar refractivity (Wildman–Crippen MR) is 76.1 cm³/mol. The number of aromatic carboxylic acids is 1. The number of urea groups is 1. The molecule has 0 radical (unpaired) electrons. The highest BCUT2D eigenvalue weighted by Crippen LogP contribution is 2.21. The van der Waals surface area contributed by atoms with Gasteiger partial charge >= 0.3 is 12.0 Å². The quantitative estimate of drug-likeness (QED) is 0.623. The highest BCUT2D eigenvalue weighted by atomic mass is 16.4. The molecular formula is C14H20N2O4. The molecule has 0 fully saturated rings. The van der Waals surface area contributed by atoms with Crippen LogP contribution in [0.1, 0.15) is 31.1 Å². The summed E-state index contributed by atoms with van der Waals surface area (Å²) in [6.07, 6.45) is 0. The standard InChI is InChI=1S/C14H20N2O4/c1-8(2)9(3)7-15-14(20)16-10-4-5-12(17)11(6-10)13(18)19/h4-6,8-9,17H,7H2,1-3H3,(H,18,19)(H2,15,16,20). The first-order valence-corrected chi connectivity index (χ1v) is 6.42. The van der Waals surface area contributed by atoms with Gasteiger partial charge in [-0.25, -0.2) is 9.59 Å². The van der Waals surface area contributed by atoms with Crippen LogP contribution in [0, 0.1) is 11.8 Å². The lowest BCUT2D eigenvalue weighted by Crippen LogP contribution is -2.33. The van der Waals surface area contributed by atoms with Crippen molar-refractivity contribution in [2.45, 2.75) is 20.8 Å². The van der Waals surface area contributed by atoms with E-state index in [9.17, 15) is 14.7 Å². The lowest BCUT2D eigenvalue weighted by Gasteiger charge is -2.16. The maximum atomic E-state index is 11.7. The Kier molecular flexibility index (Phi) is 5.37. The second-order valence-electron chi connectivity index (χ2n) is 5.09. The van der Waals surface area contributed by atoms with Gasteiger partial charge in [-0.05, 0) is 30.0 Å². The van der Waals surface area contributed by atoms with E-state index in [-0.39, 0.29) is 11.3 Å². The molecule has 20 heavy (non-hydrogen) atoms. The van der Waals surface area contributed by atoms with Gasteiger partial charge in [-0.3, -0.25) is 0 Å². The van der Waals surface area contributed by atoms with E-state index in [1.807, 2.05) is 6.92 Å². The van der Waals surface area contributed by atoms with Crippen LogP contribution in [0.25, 0.3) is 0 Å². The Morgan fingerprint density at radius 1 is 1.25 bits per heavy atom. The van der Waals surface area contributed by atoms with Crippen LogP contribution in [0.2, 0.25) is 0 Å². The molecule has 2 amide bonds. The lowest BCUT2D eigenvalue weighted by atomic mass is 9.98. The number of carbonyl (C=O) groups excluding carboxylic acids is 1. The molecule has 0 spiro atoms. The summed E-state index contributed by atoms with van der Waals surface area (Å²) < 4.78 is 0. The van der Waals surface area contributed by atoms with Crippen molar-refractivity contribution in [2.24, 2.45) is 11.8 Å². The molecule has 1 aromatic rings. The number of hydrogen-bond acceptors (Lipinski definition) is 3. The molecule has 1 aromatic carbocycles. The normalized spacial score (nSPS) is 12.0. The van der Waals surface area contributed by atoms with E-state index in [0.29, 0.717) is 24.1 Å². The summed E-state index contributed by atoms with van der Waals surface area (Å²) >= 11 is 0. The van der Waals surface area contributed by atoms with Gasteiger partial charge in [-0.2, -0.15) is 0 Å². The minimum absolute atomic E-state index is 0.252. The number of rotatable bonds is 5. The van der Waals surface area contributed by atoms with Gasteiger partial charge in [-0.1, -0.05) is 20.8 Å². The molecule has 1 atom stereocenters. The Morgan fingerprint density at radius 2 is 1.90 bits per heavy atom. The summed E-state index contributed by atoms with van der Waals surface area (Å²) in [5, 5.41) is 23.5. The minimum Gasteiger partial charge on any atom is -0.507 e. The zero-order chi connectivity index (χ0) is 15.3. The predicted octanol–water partition coefficient (Wildman–Crippen LogP) is 2.50. The molecule has 0 heterocycles. The van der Waals surface area contributed by atoms with Crippen molar-refractivity contribution in [3.63, 3.8) is 0 Å². The Balaban J connectivity index is 2.62. The number of carboxylic acid groups (broad SMARTS) is 1. The number of carbonyl (C=O) groups is 2. The number of amides is 2. The molecule has 0 saturated heterocycles. The van der Waals surface area contributed by atoms with Gasteiger partial charge in [0.05, 0.1) is 0 Å². The van der Waals surface area contributed by atoms with Crippen molar-refractivity contribution >= 4 is 17.7 Å². The van der Waals surface area contributed by atoms with Crippen LogP contribution in [-0.2, 0) is 0 Å². The number of hydrogen-bond donors (Lipinski definition) is 4. The van der Waals surface area contributed by atoms with Crippen molar-refractivity contribution in [2.75, 3.05) is 11.9 Å².